The molecule has 7 nitrogen and oxygen atoms in total. The van der Waals surface area contributed by atoms with Crippen LogP contribution in [0.15, 0.2) is 56.8 Å². The van der Waals surface area contributed by atoms with Crippen LogP contribution >= 0.6 is 23.1 Å². The van der Waals surface area contributed by atoms with Gasteiger partial charge >= 0.3 is 18.0 Å². The Bertz CT molecular complexity index is 1820. The second kappa shape index (κ2) is 11.9. The molecule has 244 valence electrons. The molecular formula is C33H34F4N4O3S2. The van der Waals surface area contributed by atoms with Crippen molar-refractivity contribution >= 4 is 45.9 Å². The van der Waals surface area contributed by atoms with E-state index in [1.165, 1.54) is 39.8 Å². The average Bonchev–Trinajstić information content (AvgIpc) is 3.41. The van der Waals surface area contributed by atoms with Crippen LogP contribution in [0.5, 0.6) is 0 Å². The SMILES string of the molecule is C[C@@H]1CN(c2nc(=O)n3c4c(c(-c5ccc(F)cc5)c(C(F)(F)F)cc24)SC[C@H](c2ccsc2)C3)C[C@@H](C)N1C(=O)OC(C)(C)C. The van der Waals surface area contributed by atoms with Gasteiger partial charge in [0.25, 0.3) is 0 Å². The molecular weight excluding hydrogens is 641 g/mol. The van der Waals surface area contributed by atoms with E-state index in [1.54, 1.807) is 30.6 Å². The minimum atomic E-state index is -4.76. The third-order valence-electron chi connectivity index (χ3n) is 8.31. The van der Waals surface area contributed by atoms with E-state index in [0.29, 0.717) is 16.2 Å². The lowest BCUT2D eigenvalue weighted by atomic mass is 9.96. The van der Waals surface area contributed by atoms with Crippen LogP contribution in [0.1, 0.15) is 51.7 Å². The van der Waals surface area contributed by atoms with Gasteiger partial charge in [0.15, 0.2) is 0 Å². The van der Waals surface area contributed by atoms with E-state index in [9.17, 15) is 27.2 Å². The number of alkyl halides is 3. The fraction of sp³-hybridized carbons (Fsp3) is 0.424. The number of hydrogen-bond acceptors (Lipinski definition) is 7. The average molecular weight is 675 g/mol. The van der Waals surface area contributed by atoms with Crippen molar-refractivity contribution < 1.29 is 27.1 Å². The summed E-state index contributed by atoms with van der Waals surface area (Å²) in [6, 6.07) is 7.24. The number of rotatable bonds is 3. The van der Waals surface area contributed by atoms with Crippen molar-refractivity contribution in [3.8, 4) is 11.1 Å². The fourth-order valence-corrected chi connectivity index (χ4v) is 8.54. The van der Waals surface area contributed by atoms with Crippen molar-refractivity contribution in [1.29, 1.82) is 0 Å². The molecule has 1 saturated heterocycles. The van der Waals surface area contributed by atoms with Gasteiger partial charge in [-0.25, -0.2) is 14.0 Å². The van der Waals surface area contributed by atoms with Crippen LogP contribution < -0.4 is 10.6 Å². The number of amides is 1. The number of hydrogen-bond donors (Lipinski definition) is 0. The lowest BCUT2D eigenvalue weighted by molar-refractivity contribution is -0.137. The maximum Gasteiger partial charge on any atom is 0.417 e. The van der Waals surface area contributed by atoms with E-state index in [-0.39, 0.29) is 60.0 Å². The first kappa shape index (κ1) is 32.4. The van der Waals surface area contributed by atoms with Gasteiger partial charge in [-0.15, -0.1) is 11.8 Å². The monoisotopic (exact) mass is 674 g/mol. The summed E-state index contributed by atoms with van der Waals surface area (Å²) in [6.45, 7) is 9.73. The summed E-state index contributed by atoms with van der Waals surface area (Å²) in [4.78, 5) is 35.1. The number of benzene rings is 2. The minimum absolute atomic E-state index is 0.0854. The molecule has 1 amide bonds. The van der Waals surface area contributed by atoms with Gasteiger partial charge < -0.3 is 9.64 Å². The van der Waals surface area contributed by atoms with Crippen molar-refractivity contribution in [3.63, 3.8) is 0 Å². The van der Waals surface area contributed by atoms with Crippen LogP contribution in [0.25, 0.3) is 22.0 Å². The summed E-state index contributed by atoms with van der Waals surface area (Å²) < 4.78 is 66.0. The molecule has 2 aromatic heterocycles. The lowest BCUT2D eigenvalue weighted by Gasteiger charge is -2.45. The van der Waals surface area contributed by atoms with Crippen LogP contribution in [0.4, 0.5) is 28.2 Å². The molecule has 2 aliphatic rings. The summed E-state index contributed by atoms with van der Waals surface area (Å²) in [5.74, 6) is -0.137. The zero-order valence-corrected chi connectivity index (χ0v) is 27.7. The van der Waals surface area contributed by atoms with Crippen molar-refractivity contribution in [2.45, 2.75) is 75.8 Å². The van der Waals surface area contributed by atoms with Crippen molar-refractivity contribution in [2.24, 2.45) is 0 Å². The van der Waals surface area contributed by atoms with Gasteiger partial charge in [-0.1, -0.05) is 12.1 Å². The molecule has 4 heterocycles. The molecule has 0 saturated carbocycles. The summed E-state index contributed by atoms with van der Waals surface area (Å²) >= 11 is 2.79. The lowest BCUT2D eigenvalue weighted by Crippen LogP contribution is -2.59. The quantitative estimate of drug-likeness (QED) is 0.205. The molecule has 46 heavy (non-hydrogen) atoms. The Balaban J connectivity index is 1.56. The number of thiophene rings is 1. The molecule has 0 radical (unpaired) electrons. The Morgan fingerprint density at radius 2 is 1.70 bits per heavy atom. The second-order valence-electron chi connectivity index (χ2n) is 12.9. The van der Waals surface area contributed by atoms with E-state index in [1.807, 2.05) is 30.7 Å². The smallest absolute Gasteiger partial charge is 0.417 e. The molecule has 13 heteroatoms. The number of aromatic nitrogens is 2. The number of ether oxygens (including phenoxy) is 1. The summed E-state index contributed by atoms with van der Waals surface area (Å²) in [7, 11) is 0. The normalized spacial score (nSPS) is 20.6. The van der Waals surface area contributed by atoms with Crippen molar-refractivity contribution in [3.05, 3.63) is 74.6 Å². The number of anilines is 1. The number of carbonyl (C=O) groups is 1. The molecule has 0 unspecified atom stereocenters. The van der Waals surface area contributed by atoms with Gasteiger partial charge in [0, 0.05) is 47.2 Å². The van der Waals surface area contributed by atoms with Crippen LogP contribution in [0, 0.1) is 5.82 Å². The zero-order valence-electron chi connectivity index (χ0n) is 26.0. The van der Waals surface area contributed by atoms with Crippen molar-refractivity contribution in [2.75, 3.05) is 23.7 Å². The molecule has 2 aromatic carbocycles. The summed E-state index contributed by atoms with van der Waals surface area (Å²) in [6.07, 6.45) is -5.24. The Morgan fingerprint density at radius 3 is 2.28 bits per heavy atom. The Kier molecular flexibility index (Phi) is 8.37. The molecule has 0 N–H and O–H groups in total. The highest BCUT2D eigenvalue weighted by atomic mass is 32.2. The number of halogens is 4. The maximum atomic E-state index is 15.0. The number of carbonyl (C=O) groups excluding carboxylic acids is 1. The van der Waals surface area contributed by atoms with Crippen LogP contribution in [0.2, 0.25) is 0 Å². The number of piperazine rings is 1. The molecule has 6 rings (SSSR count). The highest BCUT2D eigenvalue weighted by Gasteiger charge is 2.40. The predicted molar refractivity (Wildman–Crippen MR) is 173 cm³/mol. The van der Waals surface area contributed by atoms with E-state index >= 15 is 0 Å². The van der Waals surface area contributed by atoms with Gasteiger partial charge in [-0.05, 0) is 80.8 Å². The molecule has 4 aromatic rings. The van der Waals surface area contributed by atoms with Crippen LogP contribution in [-0.2, 0) is 17.5 Å². The molecule has 3 atom stereocenters. The summed E-state index contributed by atoms with van der Waals surface area (Å²) in [5, 5.41) is 4.12. The highest BCUT2D eigenvalue weighted by molar-refractivity contribution is 7.99. The first-order valence-corrected chi connectivity index (χ1v) is 16.9. The number of nitrogens with zero attached hydrogens (tertiary/aromatic N) is 4. The van der Waals surface area contributed by atoms with Gasteiger partial charge in [0.2, 0.25) is 0 Å². The Hall–Kier alpha value is -3.58. The zero-order chi connectivity index (χ0) is 33.1. The van der Waals surface area contributed by atoms with E-state index in [0.717, 1.165) is 23.8 Å². The molecule has 0 bridgehead atoms. The predicted octanol–water partition coefficient (Wildman–Crippen LogP) is 8.01. The van der Waals surface area contributed by atoms with Crippen molar-refractivity contribution in [1.82, 2.24) is 14.5 Å². The molecule has 2 aliphatic heterocycles. The van der Waals surface area contributed by atoms with Gasteiger partial charge in [0.1, 0.15) is 17.2 Å². The largest absolute Gasteiger partial charge is 0.444 e. The molecule has 0 spiro atoms. The first-order valence-electron chi connectivity index (χ1n) is 15.0. The third-order valence-corrected chi connectivity index (χ3v) is 10.3. The first-order chi connectivity index (χ1) is 21.6. The van der Waals surface area contributed by atoms with Gasteiger partial charge in [0.05, 0.1) is 23.2 Å². The number of thioether (sulfide) groups is 1. The molecule has 0 aliphatic carbocycles. The standard InChI is InChI=1S/C33H34F4N4O3S2/c1-18-13-39(14-19(2)41(18)31(43)44-32(3,4)5)29-24-12-25(33(35,36)37)26(20-6-8-23(34)9-7-20)28-27(24)40(30(42)38-29)15-22(17-46-28)21-10-11-45-16-21/h6-12,16,18-19,22H,13-15,17H2,1-5H3/t18-,19-,22-/m1/s1. The van der Waals surface area contributed by atoms with E-state index < -0.39 is 34.9 Å². The Morgan fingerprint density at radius 1 is 1.02 bits per heavy atom. The highest BCUT2D eigenvalue weighted by Crippen LogP contribution is 2.49. The van der Waals surface area contributed by atoms with Gasteiger partial charge in [-0.3, -0.25) is 9.47 Å². The fourth-order valence-electron chi connectivity index (χ4n) is 6.41. The third kappa shape index (κ3) is 6.11. The maximum absolute atomic E-state index is 15.0. The second-order valence-corrected chi connectivity index (χ2v) is 14.7. The van der Waals surface area contributed by atoms with E-state index in [4.69, 9.17) is 4.74 Å². The molecule has 1 fully saturated rings. The van der Waals surface area contributed by atoms with Crippen LogP contribution in [0.3, 0.4) is 0 Å². The van der Waals surface area contributed by atoms with Crippen LogP contribution in [-0.4, -0.2) is 57.1 Å². The minimum Gasteiger partial charge on any atom is -0.444 e. The van der Waals surface area contributed by atoms with E-state index in [2.05, 4.69) is 4.98 Å². The topological polar surface area (TPSA) is 67.7 Å². The van der Waals surface area contributed by atoms with Gasteiger partial charge in [-0.2, -0.15) is 29.5 Å². The summed E-state index contributed by atoms with van der Waals surface area (Å²) in [5.41, 5.74) is -0.658. The Labute approximate surface area is 272 Å².